The fourth-order valence-corrected chi connectivity index (χ4v) is 1.60. The number of nitrogens with two attached hydrogens (primary N) is 1. The number of aryl methyl sites for hydroxylation is 1. The number of amides is 2. The van der Waals surface area contributed by atoms with E-state index in [1.807, 2.05) is 45.0 Å². The molecule has 1 aromatic rings. The molecule has 98 valence electrons. The molecular weight excluding hydrogens is 228 g/mol. The summed E-state index contributed by atoms with van der Waals surface area (Å²) in [5.41, 5.74) is 6.07. The van der Waals surface area contributed by atoms with Crippen LogP contribution in [-0.4, -0.2) is 11.8 Å². The van der Waals surface area contributed by atoms with Crippen molar-refractivity contribution in [3.8, 4) is 0 Å². The molecule has 0 aromatic heterocycles. The van der Waals surface area contributed by atoms with Crippen LogP contribution in [-0.2, 0) is 9.59 Å². The topological polar surface area (TPSA) is 72.2 Å². The summed E-state index contributed by atoms with van der Waals surface area (Å²) in [6.07, 6.45) is 1.11. The predicted octanol–water partition coefficient (Wildman–Crippen LogP) is 2.23. The van der Waals surface area contributed by atoms with Crippen molar-refractivity contribution in [1.82, 2.24) is 0 Å². The summed E-state index contributed by atoms with van der Waals surface area (Å²) >= 11 is 0. The summed E-state index contributed by atoms with van der Waals surface area (Å²) in [5, 5.41) is 2.71. The van der Waals surface area contributed by atoms with E-state index in [1.54, 1.807) is 0 Å². The number of carbonyl (C=O) groups is 2. The minimum Gasteiger partial charge on any atom is -0.369 e. The average Bonchev–Trinajstić information content (AvgIpc) is 3.16. The summed E-state index contributed by atoms with van der Waals surface area (Å²) in [5.74, 6) is -0.819. The third-order valence-corrected chi connectivity index (χ3v) is 2.97. The number of hydrogen-bond donors (Lipinski definition) is 2. The van der Waals surface area contributed by atoms with Crippen molar-refractivity contribution in [2.45, 2.75) is 33.6 Å². The monoisotopic (exact) mass is 248 g/mol. The van der Waals surface area contributed by atoms with Crippen molar-refractivity contribution in [2.75, 3.05) is 5.32 Å². The first-order chi connectivity index (χ1) is 8.54. The van der Waals surface area contributed by atoms with Gasteiger partial charge in [0.15, 0.2) is 0 Å². The van der Waals surface area contributed by atoms with Crippen molar-refractivity contribution < 1.29 is 9.59 Å². The van der Waals surface area contributed by atoms with Gasteiger partial charge in [0.05, 0.1) is 0 Å². The van der Waals surface area contributed by atoms with Gasteiger partial charge >= 0.3 is 0 Å². The lowest BCUT2D eigenvalue weighted by Gasteiger charge is -2.11. The SMILES string of the molecule is CC.Cc1ccc(NC(=O)C2(C(N)=O)CC2)cc1. The molecule has 18 heavy (non-hydrogen) atoms. The van der Waals surface area contributed by atoms with Gasteiger partial charge in [-0.05, 0) is 31.9 Å². The van der Waals surface area contributed by atoms with Crippen LogP contribution in [0.2, 0.25) is 0 Å². The summed E-state index contributed by atoms with van der Waals surface area (Å²) in [7, 11) is 0. The fraction of sp³-hybridized carbons (Fsp3) is 0.429. The normalized spacial score (nSPS) is 15.1. The van der Waals surface area contributed by atoms with Crippen LogP contribution in [0.15, 0.2) is 24.3 Å². The Morgan fingerprint density at radius 2 is 1.67 bits per heavy atom. The third kappa shape index (κ3) is 2.88. The van der Waals surface area contributed by atoms with E-state index in [4.69, 9.17) is 5.73 Å². The van der Waals surface area contributed by atoms with E-state index in [-0.39, 0.29) is 5.91 Å². The highest BCUT2D eigenvalue weighted by Crippen LogP contribution is 2.46. The van der Waals surface area contributed by atoms with Gasteiger partial charge in [-0.15, -0.1) is 0 Å². The molecule has 0 heterocycles. The number of benzene rings is 1. The van der Waals surface area contributed by atoms with Gasteiger partial charge in [0, 0.05) is 5.69 Å². The van der Waals surface area contributed by atoms with Crippen molar-refractivity contribution in [3.63, 3.8) is 0 Å². The first kappa shape index (κ1) is 14.2. The van der Waals surface area contributed by atoms with E-state index >= 15 is 0 Å². The molecule has 0 radical (unpaired) electrons. The molecule has 2 rings (SSSR count). The smallest absolute Gasteiger partial charge is 0.240 e. The third-order valence-electron chi connectivity index (χ3n) is 2.97. The summed E-state index contributed by atoms with van der Waals surface area (Å²) < 4.78 is 0. The highest BCUT2D eigenvalue weighted by Gasteiger charge is 2.55. The van der Waals surface area contributed by atoms with Crippen molar-refractivity contribution >= 4 is 17.5 Å². The van der Waals surface area contributed by atoms with Crippen LogP contribution >= 0.6 is 0 Å². The largest absolute Gasteiger partial charge is 0.369 e. The van der Waals surface area contributed by atoms with Gasteiger partial charge in [0.1, 0.15) is 5.41 Å². The second kappa shape index (κ2) is 5.67. The Morgan fingerprint density at radius 1 is 1.17 bits per heavy atom. The lowest BCUT2D eigenvalue weighted by atomic mass is 10.1. The summed E-state index contributed by atoms with van der Waals surface area (Å²) in [4.78, 5) is 22.9. The molecule has 1 aromatic carbocycles. The molecule has 0 bridgehead atoms. The van der Waals surface area contributed by atoms with Crippen LogP contribution in [0.4, 0.5) is 5.69 Å². The maximum atomic E-state index is 11.8. The number of hydrogen-bond acceptors (Lipinski definition) is 2. The van der Waals surface area contributed by atoms with Crippen LogP contribution in [0.3, 0.4) is 0 Å². The van der Waals surface area contributed by atoms with E-state index in [0.717, 1.165) is 5.56 Å². The Labute approximate surface area is 108 Å². The van der Waals surface area contributed by atoms with Crippen LogP contribution < -0.4 is 11.1 Å². The molecule has 0 saturated heterocycles. The molecule has 0 spiro atoms. The number of carbonyl (C=O) groups excluding carboxylic acids is 2. The number of rotatable bonds is 3. The molecule has 1 aliphatic rings. The van der Waals surface area contributed by atoms with Gasteiger partial charge < -0.3 is 11.1 Å². The van der Waals surface area contributed by atoms with Gasteiger partial charge in [0.2, 0.25) is 11.8 Å². The zero-order chi connectivity index (χ0) is 13.8. The highest BCUT2D eigenvalue weighted by molar-refractivity contribution is 6.12. The average molecular weight is 248 g/mol. The quantitative estimate of drug-likeness (QED) is 0.805. The fourth-order valence-electron chi connectivity index (χ4n) is 1.60. The number of nitrogens with one attached hydrogen (secondary N) is 1. The van der Waals surface area contributed by atoms with Crippen molar-refractivity contribution in [2.24, 2.45) is 11.1 Å². The molecule has 1 fully saturated rings. The Hall–Kier alpha value is -1.84. The molecule has 3 N–H and O–H groups in total. The lowest BCUT2D eigenvalue weighted by Crippen LogP contribution is -2.36. The van der Waals surface area contributed by atoms with Gasteiger partial charge in [-0.1, -0.05) is 31.5 Å². The van der Waals surface area contributed by atoms with Crippen molar-refractivity contribution in [1.29, 1.82) is 0 Å². The van der Waals surface area contributed by atoms with Gasteiger partial charge in [0.25, 0.3) is 0 Å². The molecular formula is C14H20N2O2. The van der Waals surface area contributed by atoms with Crippen molar-refractivity contribution in [3.05, 3.63) is 29.8 Å². The van der Waals surface area contributed by atoms with Crippen LogP contribution in [0.5, 0.6) is 0 Å². The highest BCUT2D eigenvalue weighted by atomic mass is 16.2. The Bertz CT molecular complexity index is 434. The molecule has 0 atom stereocenters. The van der Waals surface area contributed by atoms with Crippen LogP contribution in [0, 0.1) is 12.3 Å². The number of primary amides is 1. The minimum atomic E-state index is -0.953. The standard InChI is InChI=1S/C12H14N2O2.C2H6/c1-8-2-4-9(5-3-8)14-11(16)12(6-7-12)10(13)15;1-2/h2-5H,6-7H2,1H3,(H2,13,15)(H,14,16);1-2H3. The Morgan fingerprint density at radius 3 is 2.06 bits per heavy atom. The van der Waals surface area contributed by atoms with E-state index in [1.165, 1.54) is 0 Å². The molecule has 2 amide bonds. The lowest BCUT2D eigenvalue weighted by molar-refractivity contribution is -0.132. The first-order valence-corrected chi connectivity index (χ1v) is 6.23. The van der Waals surface area contributed by atoms with E-state index in [2.05, 4.69) is 5.32 Å². The van der Waals surface area contributed by atoms with Crippen LogP contribution in [0.1, 0.15) is 32.3 Å². The first-order valence-electron chi connectivity index (χ1n) is 6.23. The molecule has 4 nitrogen and oxygen atoms in total. The predicted molar refractivity (Wildman–Crippen MR) is 72.0 cm³/mol. The molecule has 1 saturated carbocycles. The minimum absolute atomic E-state index is 0.288. The zero-order valence-electron chi connectivity index (χ0n) is 11.1. The summed E-state index contributed by atoms with van der Waals surface area (Å²) in [6.45, 7) is 5.97. The van der Waals surface area contributed by atoms with Gasteiger partial charge in [-0.2, -0.15) is 0 Å². The Balaban J connectivity index is 0.000000771. The molecule has 4 heteroatoms. The van der Waals surface area contributed by atoms with E-state index in [0.29, 0.717) is 18.5 Å². The van der Waals surface area contributed by atoms with Gasteiger partial charge in [-0.25, -0.2) is 0 Å². The second-order valence-electron chi connectivity index (χ2n) is 4.27. The maximum absolute atomic E-state index is 11.8. The maximum Gasteiger partial charge on any atom is 0.240 e. The zero-order valence-corrected chi connectivity index (χ0v) is 11.1. The molecule has 1 aliphatic carbocycles. The second-order valence-corrected chi connectivity index (χ2v) is 4.27. The van der Waals surface area contributed by atoms with Crippen LogP contribution in [0.25, 0.3) is 0 Å². The number of anilines is 1. The van der Waals surface area contributed by atoms with E-state index in [9.17, 15) is 9.59 Å². The summed E-state index contributed by atoms with van der Waals surface area (Å²) in [6, 6.07) is 7.42. The van der Waals surface area contributed by atoms with E-state index < -0.39 is 11.3 Å². The Kier molecular flexibility index (Phi) is 4.48. The van der Waals surface area contributed by atoms with Gasteiger partial charge in [-0.3, -0.25) is 9.59 Å². The molecule has 0 unspecified atom stereocenters. The molecule has 0 aliphatic heterocycles.